The smallest absolute Gasteiger partial charge is 0.293 e. The molecule has 0 amide bonds. The molecule has 1 aromatic rings. The summed E-state index contributed by atoms with van der Waals surface area (Å²) in [6.45, 7) is 0. The highest BCUT2D eigenvalue weighted by molar-refractivity contribution is 7.99. The Morgan fingerprint density at radius 2 is 2.11 bits per heavy atom. The van der Waals surface area contributed by atoms with Crippen LogP contribution in [0.5, 0.6) is 0 Å². The van der Waals surface area contributed by atoms with Crippen molar-refractivity contribution in [3.63, 3.8) is 0 Å². The van der Waals surface area contributed by atoms with Gasteiger partial charge in [-0.05, 0) is 24.7 Å². The number of benzene rings is 1. The van der Waals surface area contributed by atoms with Gasteiger partial charge in [0, 0.05) is 17.9 Å². The monoisotopic (exact) mass is 306 g/mol. The summed E-state index contributed by atoms with van der Waals surface area (Å²) in [5.41, 5.74) is 0.418. The summed E-state index contributed by atoms with van der Waals surface area (Å²) >= 11 is 13.6. The van der Waals surface area contributed by atoms with Gasteiger partial charge in [0.15, 0.2) is 0 Å². The van der Waals surface area contributed by atoms with Crippen LogP contribution in [0.15, 0.2) is 12.1 Å². The van der Waals surface area contributed by atoms with E-state index in [9.17, 15) is 10.1 Å². The third-order valence-corrected chi connectivity index (χ3v) is 4.69. The second kappa shape index (κ2) is 5.99. The van der Waals surface area contributed by atoms with Crippen molar-refractivity contribution in [2.75, 3.05) is 16.8 Å². The van der Waals surface area contributed by atoms with Gasteiger partial charge in [-0.3, -0.25) is 10.1 Å². The first-order chi connectivity index (χ1) is 8.58. The van der Waals surface area contributed by atoms with Crippen LogP contribution in [0.3, 0.4) is 0 Å². The number of rotatable bonds is 3. The Morgan fingerprint density at radius 1 is 1.39 bits per heavy atom. The van der Waals surface area contributed by atoms with E-state index in [1.165, 1.54) is 12.1 Å². The van der Waals surface area contributed by atoms with Gasteiger partial charge in [-0.25, -0.2) is 0 Å². The van der Waals surface area contributed by atoms with E-state index in [4.69, 9.17) is 23.2 Å². The average Bonchev–Trinajstić information content (AvgIpc) is 2.34. The molecule has 18 heavy (non-hydrogen) atoms. The summed E-state index contributed by atoms with van der Waals surface area (Å²) in [5, 5.41) is 14.7. The number of nitrogens with one attached hydrogen (secondary N) is 1. The topological polar surface area (TPSA) is 55.2 Å². The van der Waals surface area contributed by atoms with Crippen molar-refractivity contribution in [3.8, 4) is 0 Å². The molecule has 0 bridgehead atoms. The van der Waals surface area contributed by atoms with Gasteiger partial charge >= 0.3 is 0 Å². The molecule has 1 heterocycles. The van der Waals surface area contributed by atoms with Gasteiger partial charge in [0.1, 0.15) is 5.69 Å². The fourth-order valence-corrected chi connectivity index (χ4v) is 3.27. The Balaban J connectivity index is 2.24. The summed E-state index contributed by atoms with van der Waals surface area (Å²) in [7, 11) is 0. The highest BCUT2D eigenvalue weighted by atomic mass is 35.5. The molecule has 1 atom stereocenters. The van der Waals surface area contributed by atoms with Gasteiger partial charge in [0.2, 0.25) is 0 Å². The molecule has 0 radical (unpaired) electrons. The molecule has 2 rings (SSSR count). The summed E-state index contributed by atoms with van der Waals surface area (Å²) in [6.07, 6.45) is 2.14. The van der Waals surface area contributed by atoms with Crippen molar-refractivity contribution in [1.29, 1.82) is 0 Å². The lowest BCUT2D eigenvalue weighted by Gasteiger charge is -2.23. The zero-order chi connectivity index (χ0) is 13.1. The number of anilines is 1. The number of nitro benzene ring substituents is 1. The lowest BCUT2D eigenvalue weighted by atomic mass is 10.1. The number of nitro groups is 1. The second-order valence-electron chi connectivity index (χ2n) is 4.10. The lowest BCUT2D eigenvalue weighted by molar-refractivity contribution is -0.384. The van der Waals surface area contributed by atoms with E-state index in [-0.39, 0.29) is 16.8 Å². The zero-order valence-electron chi connectivity index (χ0n) is 9.49. The first-order valence-corrected chi connectivity index (χ1v) is 7.46. The van der Waals surface area contributed by atoms with Gasteiger partial charge in [-0.2, -0.15) is 11.8 Å². The van der Waals surface area contributed by atoms with Crippen molar-refractivity contribution in [3.05, 3.63) is 32.3 Å². The maximum absolute atomic E-state index is 11.0. The maximum Gasteiger partial charge on any atom is 0.293 e. The number of hydrogen-bond donors (Lipinski definition) is 1. The Bertz CT molecular complexity index is 465. The van der Waals surface area contributed by atoms with E-state index in [0.717, 1.165) is 24.3 Å². The molecule has 0 saturated carbocycles. The first kappa shape index (κ1) is 13.8. The largest absolute Gasteiger partial charge is 0.376 e. The SMILES string of the molecule is O=[N+]([O-])c1cc(Cl)c(Cl)cc1NC1CCCSC1. The maximum atomic E-state index is 11.0. The van der Waals surface area contributed by atoms with Crippen LogP contribution >= 0.6 is 35.0 Å². The lowest BCUT2D eigenvalue weighted by Crippen LogP contribution is -2.26. The molecule has 98 valence electrons. The molecule has 0 aliphatic carbocycles. The van der Waals surface area contributed by atoms with Gasteiger partial charge in [-0.15, -0.1) is 0 Å². The number of halogens is 2. The Hall–Kier alpha value is -0.650. The van der Waals surface area contributed by atoms with Gasteiger partial charge in [0.25, 0.3) is 5.69 Å². The molecule has 1 aromatic carbocycles. The Kier molecular flexibility index (Phi) is 4.59. The number of thioether (sulfide) groups is 1. The van der Waals surface area contributed by atoms with Crippen LogP contribution in [0.25, 0.3) is 0 Å². The molecule has 1 aliphatic heterocycles. The van der Waals surface area contributed by atoms with E-state index < -0.39 is 4.92 Å². The summed E-state index contributed by atoms with van der Waals surface area (Å²) in [6, 6.07) is 3.07. The summed E-state index contributed by atoms with van der Waals surface area (Å²) in [4.78, 5) is 10.5. The predicted octanol–water partition coefficient (Wildman–Crippen LogP) is 4.21. The highest BCUT2D eigenvalue weighted by Gasteiger charge is 2.21. The molecular weight excluding hydrogens is 295 g/mol. The van der Waals surface area contributed by atoms with E-state index >= 15 is 0 Å². The van der Waals surface area contributed by atoms with Crippen molar-refractivity contribution < 1.29 is 4.92 Å². The molecule has 4 nitrogen and oxygen atoms in total. The molecule has 0 aromatic heterocycles. The van der Waals surface area contributed by atoms with Crippen LogP contribution < -0.4 is 5.32 Å². The minimum Gasteiger partial charge on any atom is -0.376 e. The predicted molar refractivity (Wildman–Crippen MR) is 77.1 cm³/mol. The normalized spacial score (nSPS) is 19.6. The third kappa shape index (κ3) is 3.22. The van der Waals surface area contributed by atoms with Crippen LogP contribution in [-0.4, -0.2) is 22.5 Å². The molecule has 1 unspecified atom stereocenters. The standard InChI is InChI=1S/C11H12Cl2N2O2S/c12-8-4-10(11(15(16)17)5-9(8)13)14-7-2-1-3-18-6-7/h4-5,7,14H,1-3,6H2. The fourth-order valence-electron chi connectivity index (χ4n) is 1.88. The fraction of sp³-hybridized carbons (Fsp3) is 0.455. The average molecular weight is 307 g/mol. The van der Waals surface area contributed by atoms with Crippen molar-refractivity contribution in [2.24, 2.45) is 0 Å². The van der Waals surface area contributed by atoms with E-state index in [1.807, 2.05) is 11.8 Å². The Labute approximate surface area is 119 Å². The van der Waals surface area contributed by atoms with Crippen molar-refractivity contribution in [2.45, 2.75) is 18.9 Å². The molecule has 0 spiro atoms. The van der Waals surface area contributed by atoms with Crippen LogP contribution in [0.4, 0.5) is 11.4 Å². The molecular formula is C11H12Cl2N2O2S. The molecule has 7 heteroatoms. The van der Waals surface area contributed by atoms with E-state index in [1.54, 1.807) is 0 Å². The molecule has 1 saturated heterocycles. The first-order valence-electron chi connectivity index (χ1n) is 5.55. The quantitative estimate of drug-likeness (QED) is 0.671. The van der Waals surface area contributed by atoms with Crippen LogP contribution in [0.2, 0.25) is 10.0 Å². The minimum atomic E-state index is -0.444. The molecule has 1 aliphatic rings. The molecule has 1 fully saturated rings. The Morgan fingerprint density at radius 3 is 2.72 bits per heavy atom. The minimum absolute atomic E-state index is 0.0278. The highest BCUT2D eigenvalue weighted by Crippen LogP contribution is 2.35. The van der Waals surface area contributed by atoms with Gasteiger partial charge in [0.05, 0.1) is 15.0 Å². The van der Waals surface area contributed by atoms with Crippen molar-refractivity contribution >= 4 is 46.3 Å². The summed E-state index contributed by atoms with van der Waals surface area (Å²) < 4.78 is 0. The van der Waals surface area contributed by atoms with Gasteiger partial charge < -0.3 is 5.32 Å². The summed E-state index contributed by atoms with van der Waals surface area (Å²) in [5.74, 6) is 2.11. The van der Waals surface area contributed by atoms with Gasteiger partial charge in [-0.1, -0.05) is 23.2 Å². The van der Waals surface area contributed by atoms with Crippen LogP contribution in [-0.2, 0) is 0 Å². The zero-order valence-corrected chi connectivity index (χ0v) is 11.8. The number of hydrogen-bond acceptors (Lipinski definition) is 4. The van der Waals surface area contributed by atoms with E-state index in [0.29, 0.717) is 10.7 Å². The third-order valence-electron chi connectivity index (χ3n) is 2.76. The van der Waals surface area contributed by atoms with E-state index in [2.05, 4.69) is 5.32 Å². The number of nitrogens with zero attached hydrogens (tertiary/aromatic N) is 1. The second-order valence-corrected chi connectivity index (χ2v) is 6.06. The van der Waals surface area contributed by atoms with Crippen LogP contribution in [0.1, 0.15) is 12.8 Å². The van der Waals surface area contributed by atoms with Crippen LogP contribution in [0, 0.1) is 10.1 Å². The molecule has 1 N–H and O–H groups in total. The van der Waals surface area contributed by atoms with Crippen molar-refractivity contribution in [1.82, 2.24) is 0 Å².